The van der Waals surface area contributed by atoms with Gasteiger partial charge in [-0.05, 0) is 132 Å². The quantitative estimate of drug-likeness (QED) is 0.175. The SMILES string of the molecule is c1cc(-c2cccc(-c3ncnc4c3sc3ccc(-c5cccc(-c6ccc7c(c6)Cc6ccccc6-7)c5)cc34)c2)cc(-c2ccc3c(c2)Cc2ccccc2-3)c1. The highest BCUT2D eigenvalue weighted by Crippen LogP contribution is 2.43. The monoisotopic (exact) mass is 742 g/mol. The minimum absolute atomic E-state index is 0.972. The van der Waals surface area contributed by atoms with Crippen LogP contribution in [0.1, 0.15) is 22.3 Å². The minimum atomic E-state index is 0.972. The van der Waals surface area contributed by atoms with Crippen molar-refractivity contribution < 1.29 is 0 Å². The van der Waals surface area contributed by atoms with Crippen LogP contribution in [0.2, 0.25) is 0 Å². The van der Waals surface area contributed by atoms with Crippen molar-refractivity contribution in [3.8, 4) is 78.0 Å². The first-order valence-electron chi connectivity index (χ1n) is 19.6. The van der Waals surface area contributed by atoms with E-state index in [1.807, 2.05) is 0 Å². The Balaban J connectivity index is 0.862. The number of aromatic nitrogens is 2. The molecule has 12 rings (SSSR count). The normalized spacial score (nSPS) is 12.4. The van der Waals surface area contributed by atoms with E-state index in [0.29, 0.717) is 0 Å². The molecule has 0 N–H and O–H groups in total. The molecular formula is C54H34N2S. The maximum absolute atomic E-state index is 4.89. The lowest BCUT2D eigenvalue weighted by molar-refractivity contribution is 1.24. The molecule has 0 atom stereocenters. The first-order chi connectivity index (χ1) is 28.2. The summed E-state index contributed by atoms with van der Waals surface area (Å²) in [6, 6.07) is 64.9. The number of nitrogens with zero attached hydrogens (tertiary/aromatic N) is 2. The molecule has 2 aliphatic rings. The van der Waals surface area contributed by atoms with Crippen LogP contribution in [0, 0.1) is 0 Å². The molecule has 0 aliphatic heterocycles. The van der Waals surface area contributed by atoms with Gasteiger partial charge in [-0.15, -0.1) is 11.3 Å². The first-order valence-corrected chi connectivity index (χ1v) is 20.4. The van der Waals surface area contributed by atoms with Crippen LogP contribution in [0.3, 0.4) is 0 Å². The van der Waals surface area contributed by atoms with E-state index in [1.165, 1.54) is 93.7 Å². The van der Waals surface area contributed by atoms with E-state index in [2.05, 4.69) is 176 Å². The van der Waals surface area contributed by atoms with E-state index in [4.69, 9.17) is 9.97 Å². The Morgan fingerprint density at radius 2 is 0.807 bits per heavy atom. The molecule has 2 aliphatic carbocycles. The van der Waals surface area contributed by atoms with Gasteiger partial charge in [-0.3, -0.25) is 0 Å². The number of thiophene rings is 1. The molecule has 0 bridgehead atoms. The number of rotatable bonds is 5. The van der Waals surface area contributed by atoms with Crippen molar-refractivity contribution in [2.24, 2.45) is 0 Å². The van der Waals surface area contributed by atoms with Crippen molar-refractivity contribution in [1.29, 1.82) is 0 Å². The Labute approximate surface area is 335 Å². The summed E-state index contributed by atoms with van der Waals surface area (Å²) in [7, 11) is 0. The molecule has 57 heavy (non-hydrogen) atoms. The number of hydrogen-bond acceptors (Lipinski definition) is 3. The van der Waals surface area contributed by atoms with Gasteiger partial charge < -0.3 is 0 Å². The molecule has 0 fully saturated rings. The number of hydrogen-bond donors (Lipinski definition) is 0. The predicted octanol–water partition coefficient (Wildman–Crippen LogP) is 14.3. The number of fused-ring (bicyclic) bond motifs is 9. The van der Waals surface area contributed by atoms with E-state index in [0.717, 1.165) is 39.7 Å². The van der Waals surface area contributed by atoms with Crippen LogP contribution >= 0.6 is 11.3 Å². The van der Waals surface area contributed by atoms with Gasteiger partial charge in [-0.1, -0.05) is 146 Å². The van der Waals surface area contributed by atoms with Crippen LogP contribution < -0.4 is 0 Å². The van der Waals surface area contributed by atoms with Gasteiger partial charge in [-0.25, -0.2) is 9.97 Å². The summed E-state index contributed by atoms with van der Waals surface area (Å²) in [5.41, 5.74) is 23.9. The molecule has 2 aromatic heterocycles. The average Bonchev–Trinajstić information content (AvgIpc) is 3.97. The van der Waals surface area contributed by atoms with Crippen LogP contribution in [-0.4, -0.2) is 9.97 Å². The highest BCUT2D eigenvalue weighted by atomic mass is 32.1. The fourth-order valence-electron chi connectivity index (χ4n) is 9.21. The fourth-order valence-corrected chi connectivity index (χ4v) is 10.4. The van der Waals surface area contributed by atoms with Gasteiger partial charge in [-0.2, -0.15) is 0 Å². The lowest BCUT2D eigenvalue weighted by atomic mass is 9.95. The summed E-state index contributed by atoms with van der Waals surface area (Å²) in [5.74, 6) is 0. The third-order valence-corrected chi connectivity index (χ3v) is 13.2. The Kier molecular flexibility index (Phi) is 7.26. The van der Waals surface area contributed by atoms with Crippen molar-refractivity contribution in [1.82, 2.24) is 9.97 Å². The van der Waals surface area contributed by atoms with Gasteiger partial charge >= 0.3 is 0 Å². The zero-order valence-corrected chi connectivity index (χ0v) is 31.9. The van der Waals surface area contributed by atoms with Gasteiger partial charge in [0.1, 0.15) is 6.33 Å². The summed E-state index contributed by atoms with van der Waals surface area (Å²) in [5, 5.41) is 1.16. The maximum Gasteiger partial charge on any atom is 0.116 e. The van der Waals surface area contributed by atoms with Gasteiger partial charge in [0.2, 0.25) is 0 Å². The highest BCUT2D eigenvalue weighted by Gasteiger charge is 2.20. The third kappa shape index (κ3) is 5.38. The van der Waals surface area contributed by atoms with E-state index in [1.54, 1.807) is 17.7 Å². The lowest BCUT2D eigenvalue weighted by Crippen LogP contribution is -1.88. The van der Waals surface area contributed by atoms with Crippen LogP contribution in [0.4, 0.5) is 0 Å². The Hall–Kier alpha value is -6.94. The second-order valence-electron chi connectivity index (χ2n) is 15.4. The van der Waals surface area contributed by atoms with Crippen molar-refractivity contribution >= 4 is 31.6 Å². The largest absolute Gasteiger partial charge is 0.235 e. The van der Waals surface area contributed by atoms with Crippen LogP contribution in [-0.2, 0) is 12.8 Å². The van der Waals surface area contributed by atoms with Gasteiger partial charge in [0.25, 0.3) is 0 Å². The first kappa shape index (κ1) is 32.3. The van der Waals surface area contributed by atoms with Gasteiger partial charge in [0.05, 0.1) is 15.9 Å². The summed E-state index contributed by atoms with van der Waals surface area (Å²) >= 11 is 1.77. The Bertz CT molecular complexity index is 3260. The third-order valence-electron chi connectivity index (χ3n) is 12.0. The second kappa shape index (κ2) is 12.8. The summed E-state index contributed by atoms with van der Waals surface area (Å²) in [6.07, 6.45) is 3.71. The zero-order chi connectivity index (χ0) is 37.5. The smallest absolute Gasteiger partial charge is 0.116 e. The molecule has 266 valence electrons. The lowest BCUT2D eigenvalue weighted by Gasteiger charge is -2.10. The van der Waals surface area contributed by atoms with Crippen molar-refractivity contribution in [3.63, 3.8) is 0 Å². The van der Waals surface area contributed by atoms with E-state index >= 15 is 0 Å². The molecular weight excluding hydrogens is 709 g/mol. The molecule has 10 aromatic rings. The minimum Gasteiger partial charge on any atom is -0.235 e. The Morgan fingerprint density at radius 1 is 0.351 bits per heavy atom. The summed E-state index contributed by atoms with van der Waals surface area (Å²) < 4.78 is 2.33. The molecule has 2 heterocycles. The van der Waals surface area contributed by atoms with E-state index in [9.17, 15) is 0 Å². The number of benzene rings is 8. The average molecular weight is 743 g/mol. The fraction of sp³-hybridized carbons (Fsp3) is 0.0370. The van der Waals surface area contributed by atoms with E-state index < -0.39 is 0 Å². The standard InChI is InChI=1S/C54H34N2S/c1-3-16-46-41(8-1)29-44-27-38(18-21-48(44)46)34-11-5-10-33(24-34)37-14-7-15-43(26-37)52-54-53(56-32-55-52)50-31-40(20-23-51(50)57-54)36-13-6-12-35(25-36)39-19-22-49-45(28-39)30-42-9-2-4-17-47(42)49/h1-28,31-32H,29-30H2. The van der Waals surface area contributed by atoms with Gasteiger partial charge in [0.15, 0.2) is 0 Å². The van der Waals surface area contributed by atoms with Crippen LogP contribution in [0.5, 0.6) is 0 Å². The van der Waals surface area contributed by atoms with Gasteiger partial charge in [0, 0.05) is 15.6 Å². The zero-order valence-electron chi connectivity index (χ0n) is 31.0. The second-order valence-corrected chi connectivity index (χ2v) is 16.4. The van der Waals surface area contributed by atoms with Crippen molar-refractivity contribution in [3.05, 3.63) is 205 Å². The van der Waals surface area contributed by atoms with Crippen LogP contribution in [0.25, 0.3) is 98.3 Å². The molecule has 3 heteroatoms. The van der Waals surface area contributed by atoms with Crippen molar-refractivity contribution in [2.75, 3.05) is 0 Å². The molecule has 2 nitrogen and oxygen atoms in total. The molecule has 0 radical (unpaired) electrons. The molecule has 0 saturated heterocycles. The molecule has 0 spiro atoms. The van der Waals surface area contributed by atoms with E-state index in [-0.39, 0.29) is 0 Å². The highest BCUT2D eigenvalue weighted by molar-refractivity contribution is 7.26. The molecule has 0 amide bonds. The topological polar surface area (TPSA) is 25.8 Å². The van der Waals surface area contributed by atoms with Crippen LogP contribution in [0.15, 0.2) is 182 Å². The van der Waals surface area contributed by atoms with Crippen molar-refractivity contribution in [2.45, 2.75) is 12.8 Å². The predicted molar refractivity (Wildman–Crippen MR) is 239 cm³/mol. The maximum atomic E-state index is 4.89. The molecule has 0 unspecified atom stereocenters. The summed E-state index contributed by atoms with van der Waals surface area (Å²) in [4.78, 5) is 9.75. The summed E-state index contributed by atoms with van der Waals surface area (Å²) in [6.45, 7) is 0. The molecule has 0 saturated carbocycles. The Morgan fingerprint density at radius 3 is 1.39 bits per heavy atom. The molecule has 8 aromatic carbocycles.